The van der Waals surface area contributed by atoms with Crippen molar-refractivity contribution in [3.8, 4) is 11.5 Å². The van der Waals surface area contributed by atoms with Gasteiger partial charge in [0, 0.05) is 24.2 Å². The molecule has 1 amide bonds. The number of carbonyl (C=O) groups is 1. The molecule has 4 rings (SSSR count). The van der Waals surface area contributed by atoms with Gasteiger partial charge in [0.25, 0.3) is 5.91 Å². The summed E-state index contributed by atoms with van der Waals surface area (Å²) >= 11 is 0. The first kappa shape index (κ1) is 21.4. The summed E-state index contributed by atoms with van der Waals surface area (Å²) in [4.78, 5) is 14.5. The van der Waals surface area contributed by atoms with E-state index in [0.29, 0.717) is 18.7 Å². The second-order valence-corrected chi connectivity index (χ2v) is 8.58. The zero-order valence-electron chi connectivity index (χ0n) is 18.7. The molecule has 0 bridgehead atoms. The first-order valence-corrected chi connectivity index (χ1v) is 11.2. The molecule has 2 aliphatic rings. The van der Waals surface area contributed by atoms with Gasteiger partial charge in [-0.2, -0.15) is 0 Å². The fourth-order valence-corrected chi connectivity index (χ4v) is 4.96. The van der Waals surface area contributed by atoms with Gasteiger partial charge in [0.1, 0.15) is 11.5 Å². The average molecular weight is 421 g/mol. The highest BCUT2D eigenvalue weighted by molar-refractivity contribution is 5.96. The van der Waals surface area contributed by atoms with Gasteiger partial charge < -0.3 is 20.1 Å². The third kappa shape index (κ3) is 4.07. The molecule has 1 fully saturated rings. The van der Waals surface area contributed by atoms with Crippen LogP contribution in [-0.2, 0) is 6.42 Å². The summed E-state index contributed by atoms with van der Waals surface area (Å²) in [5.74, 6) is 0.893. The minimum absolute atomic E-state index is 0.0543. The van der Waals surface area contributed by atoms with E-state index in [9.17, 15) is 9.90 Å². The number of nitrogens with zero attached hydrogens (tertiary/aromatic N) is 1. The SMILES string of the molecule is CCN(CC)C(=O)c1ccc(C2=CC3(CCNCC3)Cc3ccc(OC)cc32)c(O)c1. The average Bonchev–Trinajstić information content (AvgIpc) is 2.79. The second-order valence-electron chi connectivity index (χ2n) is 8.58. The number of hydrogen-bond donors (Lipinski definition) is 2. The minimum Gasteiger partial charge on any atom is -0.507 e. The lowest BCUT2D eigenvalue weighted by atomic mass is 9.67. The zero-order valence-corrected chi connectivity index (χ0v) is 18.7. The molecule has 1 heterocycles. The van der Waals surface area contributed by atoms with Gasteiger partial charge in [0.15, 0.2) is 0 Å². The monoisotopic (exact) mass is 420 g/mol. The van der Waals surface area contributed by atoms with Crippen LogP contribution < -0.4 is 10.1 Å². The van der Waals surface area contributed by atoms with Crippen molar-refractivity contribution in [1.82, 2.24) is 10.2 Å². The molecule has 0 saturated carbocycles. The molecule has 5 heteroatoms. The van der Waals surface area contributed by atoms with Crippen LogP contribution >= 0.6 is 0 Å². The fraction of sp³-hybridized carbons (Fsp3) is 0.423. The quantitative estimate of drug-likeness (QED) is 0.760. The Labute approximate surface area is 184 Å². The number of allylic oxidation sites excluding steroid dienone is 1. The van der Waals surface area contributed by atoms with Crippen molar-refractivity contribution >= 4 is 11.5 Å². The molecule has 1 saturated heterocycles. The van der Waals surface area contributed by atoms with Crippen LogP contribution in [0, 0.1) is 5.41 Å². The Morgan fingerprint density at radius 1 is 1.10 bits per heavy atom. The predicted molar refractivity (Wildman–Crippen MR) is 124 cm³/mol. The number of piperidine rings is 1. The van der Waals surface area contributed by atoms with Crippen LogP contribution in [0.1, 0.15) is 53.7 Å². The molecule has 0 atom stereocenters. The lowest BCUT2D eigenvalue weighted by molar-refractivity contribution is 0.0772. The van der Waals surface area contributed by atoms with Crippen LogP contribution in [0.4, 0.5) is 0 Å². The lowest BCUT2D eigenvalue weighted by Gasteiger charge is -2.40. The van der Waals surface area contributed by atoms with E-state index < -0.39 is 0 Å². The van der Waals surface area contributed by atoms with Gasteiger partial charge in [0.05, 0.1) is 7.11 Å². The van der Waals surface area contributed by atoms with Crippen molar-refractivity contribution in [3.05, 3.63) is 64.7 Å². The van der Waals surface area contributed by atoms with E-state index in [1.54, 1.807) is 18.1 Å². The largest absolute Gasteiger partial charge is 0.507 e. The number of ether oxygens (including phenoxy) is 1. The number of nitrogens with one attached hydrogen (secondary N) is 1. The maximum Gasteiger partial charge on any atom is 0.253 e. The molecule has 2 aromatic carbocycles. The van der Waals surface area contributed by atoms with Gasteiger partial charge in [0.2, 0.25) is 0 Å². The highest BCUT2D eigenvalue weighted by Gasteiger charge is 2.36. The second kappa shape index (κ2) is 8.75. The molecule has 5 nitrogen and oxygen atoms in total. The summed E-state index contributed by atoms with van der Waals surface area (Å²) in [6.07, 6.45) is 5.50. The normalized spacial score (nSPS) is 17.1. The van der Waals surface area contributed by atoms with Crippen molar-refractivity contribution < 1.29 is 14.6 Å². The molecular weight excluding hydrogens is 388 g/mol. The van der Waals surface area contributed by atoms with Crippen LogP contribution in [0.2, 0.25) is 0 Å². The van der Waals surface area contributed by atoms with Gasteiger partial charge in [-0.05, 0) is 98.6 Å². The smallest absolute Gasteiger partial charge is 0.253 e. The van der Waals surface area contributed by atoms with E-state index in [-0.39, 0.29) is 17.1 Å². The number of benzene rings is 2. The Kier molecular flexibility index (Phi) is 6.05. The number of methoxy groups -OCH3 is 1. The third-order valence-corrected chi connectivity index (χ3v) is 6.79. The van der Waals surface area contributed by atoms with Crippen LogP contribution in [0.25, 0.3) is 5.57 Å². The van der Waals surface area contributed by atoms with E-state index in [1.807, 2.05) is 32.0 Å². The number of carbonyl (C=O) groups excluding carboxylic acids is 1. The van der Waals surface area contributed by atoms with E-state index in [2.05, 4.69) is 23.5 Å². The molecule has 0 unspecified atom stereocenters. The van der Waals surface area contributed by atoms with Crippen molar-refractivity contribution in [2.45, 2.75) is 33.1 Å². The maximum absolute atomic E-state index is 12.7. The highest BCUT2D eigenvalue weighted by atomic mass is 16.5. The zero-order chi connectivity index (χ0) is 22.0. The number of hydrogen-bond acceptors (Lipinski definition) is 4. The molecular formula is C26H32N2O3. The van der Waals surface area contributed by atoms with Crippen LogP contribution in [0.15, 0.2) is 42.5 Å². The highest BCUT2D eigenvalue weighted by Crippen LogP contribution is 2.47. The molecule has 31 heavy (non-hydrogen) atoms. The standard InChI is InChI=1S/C26H32N2O3/c1-4-28(5-2)25(30)18-7-9-21(24(29)14-18)23-17-26(10-12-27-13-11-26)16-19-6-8-20(31-3)15-22(19)23/h6-9,14-15,17,27,29H,4-5,10-13,16H2,1-3H3. The number of amides is 1. The van der Waals surface area contributed by atoms with Crippen molar-refractivity contribution in [1.29, 1.82) is 0 Å². The summed E-state index contributed by atoms with van der Waals surface area (Å²) in [7, 11) is 1.67. The van der Waals surface area contributed by atoms with E-state index in [0.717, 1.165) is 54.8 Å². The molecule has 1 spiro atoms. The van der Waals surface area contributed by atoms with Gasteiger partial charge in [-0.3, -0.25) is 4.79 Å². The van der Waals surface area contributed by atoms with Crippen molar-refractivity contribution in [2.24, 2.45) is 5.41 Å². The Hall–Kier alpha value is -2.79. The Morgan fingerprint density at radius 3 is 2.48 bits per heavy atom. The van der Waals surface area contributed by atoms with Crippen molar-refractivity contribution in [2.75, 3.05) is 33.3 Å². The van der Waals surface area contributed by atoms with Gasteiger partial charge in [-0.1, -0.05) is 12.1 Å². The molecule has 1 aliphatic carbocycles. The van der Waals surface area contributed by atoms with Crippen LogP contribution in [0.3, 0.4) is 0 Å². The third-order valence-electron chi connectivity index (χ3n) is 6.79. The molecule has 2 N–H and O–H groups in total. The van der Waals surface area contributed by atoms with Gasteiger partial charge in [-0.15, -0.1) is 0 Å². The lowest BCUT2D eigenvalue weighted by Crippen LogP contribution is -2.38. The molecule has 0 radical (unpaired) electrons. The van der Waals surface area contributed by atoms with E-state index in [4.69, 9.17) is 4.74 Å². The molecule has 1 aliphatic heterocycles. The molecule has 164 valence electrons. The topological polar surface area (TPSA) is 61.8 Å². The summed E-state index contributed by atoms with van der Waals surface area (Å²) in [5.41, 5.74) is 4.78. The number of phenolic OH excluding ortho intramolecular Hbond substituents is 1. The van der Waals surface area contributed by atoms with Crippen LogP contribution in [0.5, 0.6) is 11.5 Å². The Bertz CT molecular complexity index is 1000. The Balaban J connectivity index is 1.80. The number of fused-ring (bicyclic) bond motifs is 1. The summed E-state index contributed by atoms with van der Waals surface area (Å²) in [6.45, 7) is 7.22. The van der Waals surface area contributed by atoms with Gasteiger partial charge >= 0.3 is 0 Å². The fourth-order valence-electron chi connectivity index (χ4n) is 4.96. The van der Waals surface area contributed by atoms with E-state index in [1.165, 1.54) is 5.56 Å². The number of aromatic hydroxyl groups is 1. The molecule has 0 aromatic heterocycles. The van der Waals surface area contributed by atoms with Gasteiger partial charge in [-0.25, -0.2) is 0 Å². The van der Waals surface area contributed by atoms with Crippen molar-refractivity contribution in [3.63, 3.8) is 0 Å². The number of phenols is 1. The summed E-state index contributed by atoms with van der Waals surface area (Å²) in [5, 5.41) is 14.5. The van der Waals surface area contributed by atoms with E-state index >= 15 is 0 Å². The number of rotatable bonds is 5. The first-order valence-electron chi connectivity index (χ1n) is 11.2. The first-order chi connectivity index (χ1) is 15.0. The maximum atomic E-state index is 12.7. The van der Waals surface area contributed by atoms with Crippen LogP contribution in [-0.4, -0.2) is 49.2 Å². The minimum atomic E-state index is -0.0543. The summed E-state index contributed by atoms with van der Waals surface area (Å²) < 4.78 is 5.48. The summed E-state index contributed by atoms with van der Waals surface area (Å²) in [6, 6.07) is 11.6. The predicted octanol–water partition coefficient (Wildman–Crippen LogP) is 4.24. The molecule has 2 aromatic rings. The Morgan fingerprint density at radius 2 is 1.84 bits per heavy atom.